The van der Waals surface area contributed by atoms with Gasteiger partial charge in [0.15, 0.2) is 17.2 Å². The third-order valence-electron chi connectivity index (χ3n) is 3.95. The molecule has 2 aromatic carbocycles. The normalized spacial score (nSPS) is 14.8. The van der Waals surface area contributed by atoms with Gasteiger partial charge in [-0.15, -0.1) is 0 Å². The summed E-state index contributed by atoms with van der Waals surface area (Å²) in [6, 6.07) is 9.61. The summed E-state index contributed by atoms with van der Waals surface area (Å²) in [6.45, 7) is 6.93. The lowest BCUT2D eigenvalue weighted by atomic mass is 10.1. The molecule has 0 radical (unpaired) electrons. The minimum absolute atomic E-state index is 0.258. The Balaban J connectivity index is 1.97. The van der Waals surface area contributed by atoms with Crippen molar-refractivity contribution in [3.05, 3.63) is 59.9 Å². The largest absolute Gasteiger partial charge is 0.490 e. The topological polar surface area (TPSA) is 57.1 Å². The van der Waals surface area contributed by atoms with Gasteiger partial charge >= 0.3 is 5.97 Å². The van der Waals surface area contributed by atoms with E-state index < -0.39 is 5.97 Å². The molecule has 2 aromatic rings. The molecule has 1 aliphatic rings. The van der Waals surface area contributed by atoms with Crippen LogP contribution in [0.1, 0.15) is 30.5 Å². The Labute approximate surface area is 191 Å². The summed E-state index contributed by atoms with van der Waals surface area (Å²) in [7, 11) is 0. The predicted molar refractivity (Wildman–Crippen MR) is 126 cm³/mol. The highest BCUT2D eigenvalue weighted by Crippen LogP contribution is 2.35. The van der Waals surface area contributed by atoms with Gasteiger partial charge in [-0.2, -0.15) is 0 Å². The lowest BCUT2D eigenvalue weighted by Gasteiger charge is -2.13. The van der Waals surface area contributed by atoms with Gasteiger partial charge in [0, 0.05) is 9.13 Å². The number of carbonyl (C=O) groups excluding carboxylic acids is 1. The number of aliphatic imine (C=N–C) groups is 1. The molecule has 0 unspecified atom stereocenters. The second-order valence-electron chi connectivity index (χ2n) is 6.00. The molecule has 0 saturated heterocycles. The number of benzene rings is 2. The van der Waals surface area contributed by atoms with E-state index in [0.29, 0.717) is 30.6 Å². The monoisotopic (exact) mass is 603 g/mol. The Bertz CT molecular complexity index is 983. The van der Waals surface area contributed by atoms with E-state index >= 15 is 0 Å². The molecule has 0 N–H and O–H groups in total. The Kier molecular flexibility index (Phi) is 6.97. The van der Waals surface area contributed by atoms with Crippen LogP contribution in [0.25, 0.3) is 6.08 Å². The van der Waals surface area contributed by atoms with Crippen LogP contribution < -0.4 is 9.47 Å². The third kappa shape index (κ3) is 4.68. The van der Waals surface area contributed by atoms with Crippen molar-refractivity contribution in [1.82, 2.24) is 0 Å². The van der Waals surface area contributed by atoms with Crippen molar-refractivity contribution < 1.29 is 19.0 Å². The summed E-state index contributed by atoms with van der Waals surface area (Å²) in [5.41, 5.74) is 2.95. The maximum absolute atomic E-state index is 12.3. The number of esters is 1. The number of ether oxygens (including phenoxy) is 3. The van der Waals surface area contributed by atoms with Gasteiger partial charge < -0.3 is 14.2 Å². The molecule has 0 aliphatic carbocycles. The van der Waals surface area contributed by atoms with Gasteiger partial charge in [0.05, 0.1) is 16.8 Å². The van der Waals surface area contributed by atoms with E-state index in [1.165, 1.54) is 0 Å². The van der Waals surface area contributed by atoms with E-state index in [2.05, 4.69) is 50.2 Å². The molecule has 0 aromatic heterocycles. The zero-order valence-corrected chi connectivity index (χ0v) is 20.0. The van der Waals surface area contributed by atoms with Crippen LogP contribution in [0.4, 0.5) is 0 Å². The molecule has 0 atom stereocenters. The van der Waals surface area contributed by atoms with Gasteiger partial charge in [0.1, 0.15) is 0 Å². The van der Waals surface area contributed by atoms with Crippen LogP contribution in [0.3, 0.4) is 0 Å². The number of halogens is 2. The number of hydrogen-bond acceptors (Lipinski definition) is 5. The van der Waals surface area contributed by atoms with E-state index in [0.717, 1.165) is 23.8 Å². The lowest BCUT2D eigenvalue weighted by molar-refractivity contribution is -0.129. The van der Waals surface area contributed by atoms with E-state index in [-0.39, 0.29) is 5.70 Å². The van der Waals surface area contributed by atoms with Gasteiger partial charge in [-0.1, -0.05) is 0 Å². The average Bonchev–Trinajstić information content (AvgIpc) is 3.01. The maximum Gasteiger partial charge on any atom is 0.363 e. The number of aryl methyl sites for hydroxylation is 1. The van der Waals surface area contributed by atoms with Crippen LogP contribution >= 0.6 is 45.2 Å². The van der Waals surface area contributed by atoms with Crippen molar-refractivity contribution in [2.45, 2.75) is 20.8 Å². The fourth-order valence-corrected chi connectivity index (χ4v) is 3.80. The number of cyclic esters (lactones) is 1. The zero-order valence-electron chi connectivity index (χ0n) is 15.7. The molecule has 7 heteroatoms. The maximum atomic E-state index is 12.3. The summed E-state index contributed by atoms with van der Waals surface area (Å²) in [5.74, 6) is 1.21. The van der Waals surface area contributed by atoms with E-state index in [1.54, 1.807) is 6.08 Å². The number of nitrogens with zero attached hydrogens (tertiary/aromatic N) is 1. The van der Waals surface area contributed by atoms with Crippen molar-refractivity contribution >= 4 is 63.1 Å². The van der Waals surface area contributed by atoms with Crippen molar-refractivity contribution in [2.75, 3.05) is 13.2 Å². The summed E-state index contributed by atoms with van der Waals surface area (Å²) in [4.78, 5) is 16.7. The number of rotatable bonds is 6. The summed E-state index contributed by atoms with van der Waals surface area (Å²) in [6.07, 6.45) is 1.70. The third-order valence-corrected chi connectivity index (χ3v) is 5.96. The Morgan fingerprint density at radius 3 is 2.50 bits per heavy atom. The van der Waals surface area contributed by atoms with Crippen LogP contribution in [0.15, 0.2) is 41.0 Å². The second kappa shape index (κ2) is 9.25. The highest BCUT2D eigenvalue weighted by molar-refractivity contribution is 14.1. The molecule has 3 rings (SSSR count). The van der Waals surface area contributed by atoms with Crippen LogP contribution in [0.5, 0.6) is 11.5 Å². The Morgan fingerprint density at radius 2 is 1.82 bits per heavy atom. The van der Waals surface area contributed by atoms with Gasteiger partial charge in [-0.3, -0.25) is 0 Å². The number of hydrogen-bond donors (Lipinski definition) is 0. The zero-order chi connectivity index (χ0) is 20.3. The van der Waals surface area contributed by atoms with E-state index in [4.69, 9.17) is 14.2 Å². The van der Waals surface area contributed by atoms with E-state index in [9.17, 15) is 4.79 Å². The van der Waals surface area contributed by atoms with Gasteiger partial charge in [0.2, 0.25) is 5.90 Å². The van der Waals surface area contributed by atoms with Crippen LogP contribution in [0.2, 0.25) is 0 Å². The Morgan fingerprint density at radius 1 is 1.07 bits per heavy atom. The van der Waals surface area contributed by atoms with Crippen LogP contribution in [-0.2, 0) is 9.53 Å². The van der Waals surface area contributed by atoms with E-state index in [1.807, 2.05) is 51.1 Å². The van der Waals surface area contributed by atoms with Gasteiger partial charge in [0.25, 0.3) is 0 Å². The number of carbonyl (C=O) groups is 1. The molecular weight excluding hydrogens is 584 g/mol. The van der Waals surface area contributed by atoms with Crippen LogP contribution in [-0.4, -0.2) is 25.1 Å². The molecule has 1 aliphatic heterocycles. The van der Waals surface area contributed by atoms with Crippen LogP contribution in [0, 0.1) is 14.1 Å². The standard InChI is InChI=1S/C21H19I2NO4/c1-4-26-18-11-13(9-16(23)19(18)27-5-2)10-17-21(25)28-20(24-17)14-6-7-15(22)12(3)8-14/h6-11H,4-5H2,1-3H3/b17-10-. The first-order chi connectivity index (χ1) is 13.4. The summed E-state index contributed by atoms with van der Waals surface area (Å²) < 4.78 is 18.8. The highest BCUT2D eigenvalue weighted by atomic mass is 127. The van der Waals surface area contributed by atoms with Crippen molar-refractivity contribution in [3.8, 4) is 11.5 Å². The minimum Gasteiger partial charge on any atom is -0.490 e. The quantitative estimate of drug-likeness (QED) is 0.254. The Hall–Kier alpha value is -1.62. The fraction of sp³-hybridized carbons (Fsp3) is 0.238. The fourth-order valence-electron chi connectivity index (χ4n) is 2.69. The summed E-state index contributed by atoms with van der Waals surface area (Å²) >= 11 is 4.47. The first kappa shape index (κ1) is 21.1. The molecular formula is C21H19I2NO4. The SMILES string of the molecule is CCOc1cc(/C=C2\N=C(c3ccc(I)c(C)c3)OC2=O)cc(I)c1OCC. The second-order valence-corrected chi connectivity index (χ2v) is 8.32. The van der Waals surface area contributed by atoms with Gasteiger partial charge in [-0.05, 0) is 113 Å². The predicted octanol–water partition coefficient (Wildman–Crippen LogP) is 5.35. The molecule has 1 heterocycles. The first-order valence-corrected chi connectivity index (χ1v) is 11.0. The average molecular weight is 603 g/mol. The molecule has 5 nitrogen and oxygen atoms in total. The summed E-state index contributed by atoms with van der Waals surface area (Å²) in [5, 5.41) is 0. The highest BCUT2D eigenvalue weighted by Gasteiger charge is 2.25. The molecule has 0 spiro atoms. The van der Waals surface area contributed by atoms with Crippen molar-refractivity contribution in [2.24, 2.45) is 4.99 Å². The first-order valence-electron chi connectivity index (χ1n) is 8.81. The molecule has 0 bridgehead atoms. The molecule has 0 saturated carbocycles. The molecule has 28 heavy (non-hydrogen) atoms. The van der Waals surface area contributed by atoms with Gasteiger partial charge in [-0.25, -0.2) is 9.79 Å². The molecule has 0 amide bonds. The lowest BCUT2D eigenvalue weighted by Crippen LogP contribution is -2.05. The smallest absolute Gasteiger partial charge is 0.363 e. The van der Waals surface area contributed by atoms with Crippen molar-refractivity contribution in [3.63, 3.8) is 0 Å². The molecule has 0 fully saturated rings. The van der Waals surface area contributed by atoms with Crippen molar-refractivity contribution in [1.29, 1.82) is 0 Å². The molecule has 146 valence electrons. The minimum atomic E-state index is -0.465.